The first-order chi connectivity index (χ1) is 13.2. The lowest BCUT2D eigenvalue weighted by atomic mass is 10.0. The number of aromatic nitrogens is 1. The molecule has 0 bridgehead atoms. The first-order valence-corrected chi connectivity index (χ1v) is 8.64. The van der Waals surface area contributed by atoms with Crippen LogP contribution in [0.4, 0.5) is 0 Å². The summed E-state index contributed by atoms with van der Waals surface area (Å²) in [6.45, 7) is 2.10. The largest absolute Gasteiger partial charge is 0.462 e. The number of furan rings is 1. The molecule has 0 N–H and O–H groups in total. The molecule has 0 aliphatic heterocycles. The number of pyridine rings is 1. The number of hydrogen-bond acceptors (Lipinski definition) is 4. The Morgan fingerprint density at radius 2 is 1.96 bits per heavy atom. The van der Waals surface area contributed by atoms with Crippen LogP contribution in [0.15, 0.2) is 71.4 Å². The summed E-state index contributed by atoms with van der Waals surface area (Å²) in [7, 11) is 0. The highest BCUT2D eigenvalue weighted by molar-refractivity contribution is 6.05. The van der Waals surface area contributed by atoms with Crippen LogP contribution < -0.4 is 0 Å². The third-order valence-electron chi connectivity index (χ3n) is 4.36. The lowest BCUT2D eigenvalue weighted by Crippen LogP contribution is -2.05. The maximum Gasteiger partial charge on any atom is 0.340 e. The van der Waals surface area contributed by atoms with Gasteiger partial charge in [-0.2, -0.15) is 0 Å². The molecule has 134 valence electrons. The van der Waals surface area contributed by atoms with Crippen LogP contribution in [-0.2, 0) is 4.74 Å². The van der Waals surface area contributed by atoms with Crippen LogP contribution in [0.5, 0.6) is 0 Å². The van der Waals surface area contributed by atoms with Gasteiger partial charge in [0.2, 0.25) is 0 Å². The van der Waals surface area contributed by atoms with Crippen LogP contribution in [-0.4, -0.2) is 23.3 Å². The summed E-state index contributed by atoms with van der Waals surface area (Å²) in [5, 5.41) is 0. The van der Waals surface area contributed by atoms with E-state index < -0.39 is 0 Å². The van der Waals surface area contributed by atoms with E-state index in [0.717, 1.165) is 22.2 Å². The summed E-state index contributed by atoms with van der Waals surface area (Å²) >= 11 is 0. The van der Waals surface area contributed by atoms with Crippen molar-refractivity contribution < 1.29 is 18.7 Å². The fourth-order valence-electron chi connectivity index (χ4n) is 3.17. The zero-order chi connectivity index (χ0) is 18.8. The van der Waals surface area contributed by atoms with Crippen LogP contribution in [0, 0.1) is 0 Å². The Morgan fingerprint density at radius 3 is 2.74 bits per heavy atom. The van der Waals surface area contributed by atoms with Crippen LogP contribution >= 0.6 is 0 Å². The molecule has 0 saturated heterocycles. The van der Waals surface area contributed by atoms with Gasteiger partial charge in [-0.3, -0.25) is 4.79 Å². The van der Waals surface area contributed by atoms with Gasteiger partial charge in [0.05, 0.1) is 17.7 Å². The van der Waals surface area contributed by atoms with E-state index in [-0.39, 0.29) is 11.7 Å². The third kappa shape index (κ3) is 3.04. The Kier molecular flexibility index (Phi) is 4.34. The number of carbonyl (C=O) groups excluding carboxylic acids is 2. The van der Waals surface area contributed by atoms with Crippen LogP contribution in [0.2, 0.25) is 0 Å². The lowest BCUT2D eigenvalue weighted by Gasteiger charge is -2.06. The summed E-state index contributed by atoms with van der Waals surface area (Å²) < 4.78 is 12.7. The van der Waals surface area contributed by atoms with E-state index in [2.05, 4.69) is 0 Å². The molecule has 0 radical (unpaired) electrons. The van der Waals surface area contributed by atoms with Gasteiger partial charge >= 0.3 is 5.97 Å². The molecule has 27 heavy (non-hydrogen) atoms. The molecule has 1 aromatic carbocycles. The van der Waals surface area contributed by atoms with Crippen molar-refractivity contribution in [3.63, 3.8) is 0 Å². The molecule has 0 aliphatic rings. The van der Waals surface area contributed by atoms with Gasteiger partial charge in [0.15, 0.2) is 12.0 Å². The molecule has 0 aliphatic carbocycles. The summed E-state index contributed by atoms with van der Waals surface area (Å²) in [5.41, 5.74) is 3.79. The quantitative estimate of drug-likeness (QED) is 0.377. The molecule has 0 atom stereocenters. The maximum atomic E-state index is 12.6. The standard InChI is InChI=1S/C22H17NO4/c1-2-26-22(25)21-18(13-23-11-4-3-8-19(21)23)15-6-5-7-16(12-15)20-10-9-17(14-24)27-20/h3-14H,2H2,1H3. The average molecular weight is 359 g/mol. The number of nitrogens with zero attached hydrogens (tertiary/aromatic N) is 1. The van der Waals surface area contributed by atoms with Crippen molar-refractivity contribution in [1.29, 1.82) is 0 Å². The molecule has 5 nitrogen and oxygen atoms in total. The third-order valence-corrected chi connectivity index (χ3v) is 4.36. The molecule has 0 spiro atoms. The minimum absolute atomic E-state index is 0.275. The summed E-state index contributed by atoms with van der Waals surface area (Å²) in [5.74, 6) is 0.519. The molecule has 0 unspecified atom stereocenters. The number of hydrogen-bond donors (Lipinski definition) is 0. The minimum Gasteiger partial charge on any atom is -0.462 e. The van der Waals surface area contributed by atoms with E-state index in [1.54, 1.807) is 19.1 Å². The van der Waals surface area contributed by atoms with E-state index in [4.69, 9.17) is 9.15 Å². The normalized spacial score (nSPS) is 10.9. The monoisotopic (exact) mass is 359 g/mol. The van der Waals surface area contributed by atoms with Gasteiger partial charge in [0, 0.05) is 23.5 Å². The van der Waals surface area contributed by atoms with Crippen molar-refractivity contribution in [1.82, 2.24) is 4.40 Å². The molecule has 5 heteroatoms. The van der Waals surface area contributed by atoms with Crippen molar-refractivity contribution in [2.24, 2.45) is 0 Å². The SMILES string of the molecule is CCOC(=O)c1c(-c2cccc(-c3ccc(C=O)o3)c2)cn2ccccc12. The van der Waals surface area contributed by atoms with E-state index in [0.29, 0.717) is 24.2 Å². The maximum absolute atomic E-state index is 12.6. The Labute approximate surface area is 155 Å². The van der Waals surface area contributed by atoms with Crippen molar-refractivity contribution >= 4 is 17.8 Å². The highest BCUT2D eigenvalue weighted by atomic mass is 16.5. The number of aldehydes is 1. The zero-order valence-corrected chi connectivity index (χ0v) is 14.7. The molecular formula is C22H17NO4. The minimum atomic E-state index is -0.354. The molecule has 3 aromatic heterocycles. The van der Waals surface area contributed by atoms with E-state index in [1.165, 1.54) is 0 Å². The number of fused-ring (bicyclic) bond motifs is 1. The van der Waals surface area contributed by atoms with Gasteiger partial charge in [-0.25, -0.2) is 4.79 Å². The van der Waals surface area contributed by atoms with Crippen molar-refractivity contribution in [3.05, 3.63) is 78.3 Å². The second kappa shape index (κ2) is 6.96. The second-order valence-corrected chi connectivity index (χ2v) is 6.03. The fourth-order valence-corrected chi connectivity index (χ4v) is 3.17. The van der Waals surface area contributed by atoms with Gasteiger partial charge in [0.25, 0.3) is 0 Å². The fraction of sp³-hybridized carbons (Fsp3) is 0.0909. The summed E-state index contributed by atoms with van der Waals surface area (Å²) in [6.07, 6.45) is 4.49. The van der Waals surface area contributed by atoms with Gasteiger partial charge in [0.1, 0.15) is 5.76 Å². The molecule has 4 aromatic rings. The van der Waals surface area contributed by atoms with Crippen molar-refractivity contribution in [2.45, 2.75) is 6.92 Å². The number of carbonyl (C=O) groups is 2. The van der Waals surface area contributed by atoms with Crippen molar-refractivity contribution in [2.75, 3.05) is 6.61 Å². The predicted octanol–water partition coefficient (Wildman–Crippen LogP) is 4.86. The second-order valence-electron chi connectivity index (χ2n) is 6.03. The number of rotatable bonds is 5. The van der Waals surface area contributed by atoms with Crippen LogP contribution in [0.1, 0.15) is 27.8 Å². The summed E-state index contributed by atoms with van der Waals surface area (Å²) in [4.78, 5) is 23.5. The first-order valence-electron chi connectivity index (χ1n) is 8.64. The number of benzene rings is 1. The molecule has 0 saturated carbocycles. The Hall–Kier alpha value is -3.60. The predicted molar refractivity (Wildman–Crippen MR) is 102 cm³/mol. The van der Waals surface area contributed by atoms with E-state index in [9.17, 15) is 9.59 Å². The van der Waals surface area contributed by atoms with E-state index in [1.807, 2.05) is 59.3 Å². The topological polar surface area (TPSA) is 60.9 Å². The van der Waals surface area contributed by atoms with Crippen LogP contribution in [0.3, 0.4) is 0 Å². The smallest absolute Gasteiger partial charge is 0.340 e. The first kappa shape index (κ1) is 16.8. The van der Waals surface area contributed by atoms with Gasteiger partial charge < -0.3 is 13.6 Å². The van der Waals surface area contributed by atoms with Crippen molar-refractivity contribution in [3.8, 4) is 22.5 Å². The average Bonchev–Trinajstić information content (AvgIpc) is 3.33. The number of ether oxygens (including phenoxy) is 1. The molecule has 4 rings (SSSR count). The van der Waals surface area contributed by atoms with Crippen LogP contribution in [0.25, 0.3) is 28.0 Å². The highest BCUT2D eigenvalue weighted by Gasteiger charge is 2.20. The molecule has 0 amide bonds. The van der Waals surface area contributed by atoms with E-state index >= 15 is 0 Å². The number of esters is 1. The Balaban J connectivity index is 1.87. The Bertz CT molecular complexity index is 1140. The molecule has 3 heterocycles. The molecule has 0 fully saturated rings. The highest BCUT2D eigenvalue weighted by Crippen LogP contribution is 2.32. The molecular weight excluding hydrogens is 342 g/mol. The summed E-state index contributed by atoms with van der Waals surface area (Å²) in [6, 6.07) is 16.7. The van der Waals surface area contributed by atoms with Gasteiger partial charge in [-0.15, -0.1) is 0 Å². The Morgan fingerprint density at radius 1 is 1.11 bits per heavy atom. The zero-order valence-electron chi connectivity index (χ0n) is 14.7. The lowest BCUT2D eigenvalue weighted by molar-refractivity contribution is 0.0529. The van der Waals surface area contributed by atoms with Gasteiger partial charge in [-0.1, -0.05) is 24.3 Å². The van der Waals surface area contributed by atoms with Gasteiger partial charge in [-0.05, 0) is 42.8 Å².